The highest BCUT2D eigenvalue weighted by atomic mass is 16.6. The summed E-state index contributed by atoms with van der Waals surface area (Å²) in [6.07, 6.45) is -0.443. The maximum atomic E-state index is 9.69. The minimum Gasteiger partial charge on any atom is -0.394 e. The molecule has 5 atom stereocenters. The Kier molecular flexibility index (Phi) is 9.13. The van der Waals surface area contributed by atoms with Gasteiger partial charge in [0.2, 0.25) is 0 Å². The van der Waals surface area contributed by atoms with E-state index in [4.69, 9.17) is 14.2 Å². The van der Waals surface area contributed by atoms with Gasteiger partial charge in [-0.05, 0) is 23.0 Å². The molecular weight excluding hydrogens is 352 g/mol. The smallest absolute Gasteiger partial charge is 0.108 e. The number of rotatable bonds is 8. The molecule has 0 saturated carbocycles. The molecule has 0 radical (unpaired) electrons. The van der Waals surface area contributed by atoms with Gasteiger partial charge >= 0.3 is 0 Å². The quantitative estimate of drug-likeness (QED) is 0.728. The first-order chi connectivity index (χ1) is 13.2. The Morgan fingerprint density at radius 1 is 0.821 bits per heavy atom. The molecule has 1 fully saturated rings. The van der Waals surface area contributed by atoms with Crippen LogP contribution in [-0.2, 0) is 27.4 Å². The Balaban J connectivity index is 0.00000280. The summed E-state index contributed by atoms with van der Waals surface area (Å²) in [5, 5.41) is 9.69. The van der Waals surface area contributed by atoms with Gasteiger partial charge in [-0.2, -0.15) is 0 Å². The van der Waals surface area contributed by atoms with Crippen LogP contribution < -0.4 is 0 Å². The summed E-state index contributed by atoms with van der Waals surface area (Å²) >= 11 is 0. The van der Waals surface area contributed by atoms with Crippen LogP contribution in [0.15, 0.2) is 60.7 Å². The molecule has 28 heavy (non-hydrogen) atoms. The third-order valence-corrected chi connectivity index (χ3v) is 5.51. The van der Waals surface area contributed by atoms with Crippen molar-refractivity contribution < 1.29 is 19.3 Å². The van der Waals surface area contributed by atoms with Crippen molar-refractivity contribution in [1.29, 1.82) is 0 Å². The van der Waals surface area contributed by atoms with E-state index >= 15 is 0 Å². The lowest BCUT2D eigenvalue weighted by Crippen LogP contribution is -2.53. The molecule has 3 rings (SSSR count). The number of aliphatic hydroxyl groups is 1. The highest BCUT2D eigenvalue weighted by molar-refractivity contribution is 5.14. The second-order valence-corrected chi connectivity index (χ2v) is 7.38. The zero-order valence-electron chi connectivity index (χ0n) is 16.2. The van der Waals surface area contributed by atoms with E-state index in [1.165, 1.54) is 0 Å². The van der Waals surface area contributed by atoms with E-state index in [1.807, 2.05) is 48.5 Å². The van der Waals surface area contributed by atoms with Gasteiger partial charge in [-0.15, -0.1) is 0 Å². The molecule has 0 bridgehead atoms. The minimum atomic E-state index is -0.194. The normalized spacial score (nSPS) is 27.2. The van der Waals surface area contributed by atoms with Crippen LogP contribution in [0, 0.1) is 11.8 Å². The number of aliphatic hydroxyl groups excluding tert-OH is 1. The van der Waals surface area contributed by atoms with E-state index in [0.717, 1.165) is 11.1 Å². The highest BCUT2D eigenvalue weighted by Crippen LogP contribution is 2.33. The van der Waals surface area contributed by atoms with Crippen LogP contribution in [0.4, 0.5) is 0 Å². The van der Waals surface area contributed by atoms with Crippen molar-refractivity contribution in [2.75, 3.05) is 13.2 Å². The fourth-order valence-electron chi connectivity index (χ4n) is 3.64. The first kappa shape index (κ1) is 22.6. The molecule has 0 aliphatic carbocycles. The van der Waals surface area contributed by atoms with Crippen molar-refractivity contribution in [2.24, 2.45) is 11.8 Å². The average molecular weight is 387 g/mol. The molecular formula is C24H34O4. The largest absolute Gasteiger partial charge is 0.394 e. The third kappa shape index (κ3) is 5.89. The Hall–Kier alpha value is -1.72. The minimum absolute atomic E-state index is 0. The van der Waals surface area contributed by atoms with Gasteiger partial charge in [-0.25, -0.2) is 0 Å². The number of hydrogen-bond donors (Lipinski definition) is 1. The predicted molar refractivity (Wildman–Crippen MR) is 112 cm³/mol. The molecule has 1 N–H and O–H groups in total. The van der Waals surface area contributed by atoms with Crippen LogP contribution in [0.25, 0.3) is 0 Å². The summed E-state index contributed by atoms with van der Waals surface area (Å²) in [5.41, 5.74) is 2.28. The highest BCUT2D eigenvalue weighted by Gasteiger charge is 2.41. The molecule has 4 nitrogen and oxygen atoms in total. The molecule has 0 aromatic heterocycles. The number of ether oxygens (including phenoxy) is 3. The summed E-state index contributed by atoms with van der Waals surface area (Å²) in [6.45, 7) is 5.85. The standard InChI is InChI=1S/C23H30O4.CH4/c1-17-18(2)23(26-15-20-11-7-4-8-12-20)22(27-21(17)13-24)16-25-14-19-9-5-3-6-10-19;/h3-12,17-18,21-24H,13-16H2,1-2H3;1H4/t17-,18+,21+,22+,23-;/m0./s1. The molecule has 1 aliphatic heterocycles. The zero-order chi connectivity index (χ0) is 19.1. The van der Waals surface area contributed by atoms with Gasteiger partial charge in [0.1, 0.15) is 6.10 Å². The molecule has 0 unspecified atom stereocenters. The van der Waals surface area contributed by atoms with E-state index in [-0.39, 0.29) is 44.2 Å². The van der Waals surface area contributed by atoms with Gasteiger partial charge in [0.15, 0.2) is 0 Å². The lowest BCUT2D eigenvalue weighted by atomic mass is 9.81. The van der Waals surface area contributed by atoms with E-state index in [0.29, 0.717) is 19.8 Å². The van der Waals surface area contributed by atoms with Crippen molar-refractivity contribution in [3.63, 3.8) is 0 Å². The summed E-state index contributed by atoms with van der Waals surface area (Å²) in [4.78, 5) is 0. The van der Waals surface area contributed by atoms with Gasteiger partial charge < -0.3 is 19.3 Å². The zero-order valence-corrected chi connectivity index (χ0v) is 16.2. The van der Waals surface area contributed by atoms with Crippen molar-refractivity contribution >= 4 is 0 Å². The molecule has 2 aromatic rings. The second kappa shape index (κ2) is 11.3. The maximum Gasteiger partial charge on any atom is 0.108 e. The van der Waals surface area contributed by atoms with Crippen LogP contribution in [0.3, 0.4) is 0 Å². The van der Waals surface area contributed by atoms with Crippen molar-refractivity contribution in [3.05, 3.63) is 71.8 Å². The fraction of sp³-hybridized carbons (Fsp3) is 0.500. The molecule has 1 aliphatic rings. The molecule has 1 saturated heterocycles. The molecule has 154 valence electrons. The first-order valence-corrected chi connectivity index (χ1v) is 9.72. The van der Waals surface area contributed by atoms with Crippen molar-refractivity contribution in [1.82, 2.24) is 0 Å². The van der Waals surface area contributed by atoms with Crippen LogP contribution in [0.2, 0.25) is 0 Å². The monoisotopic (exact) mass is 386 g/mol. The SMILES string of the molecule is C.C[C@@H]1[C@H](C)[C@@H](CO)O[C@H](COCc2ccccc2)[C@H]1OCc1ccccc1. The van der Waals surface area contributed by atoms with E-state index in [2.05, 4.69) is 26.0 Å². The van der Waals surface area contributed by atoms with Gasteiger partial charge in [-0.1, -0.05) is 81.9 Å². The lowest BCUT2D eigenvalue weighted by Gasteiger charge is -2.44. The van der Waals surface area contributed by atoms with Gasteiger partial charge in [-0.3, -0.25) is 0 Å². The Bertz CT molecular complexity index is 661. The topological polar surface area (TPSA) is 47.9 Å². The Morgan fingerprint density at radius 2 is 1.39 bits per heavy atom. The lowest BCUT2D eigenvalue weighted by molar-refractivity contribution is -0.213. The summed E-state index contributed by atoms with van der Waals surface area (Å²) in [6, 6.07) is 20.3. The van der Waals surface area contributed by atoms with Gasteiger partial charge in [0.25, 0.3) is 0 Å². The van der Waals surface area contributed by atoms with Crippen LogP contribution in [-0.4, -0.2) is 36.6 Å². The molecule has 1 heterocycles. The first-order valence-electron chi connectivity index (χ1n) is 9.72. The molecule has 0 amide bonds. The Morgan fingerprint density at radius 3 is 1.96 bits per heavy atom. The van der Waals surface area contributed by atoms with E-state index < -0.39 is 0 Å². The van der Waals surface area contributed by atoms with Crippen LogP contribution >= 0.6 is 0 Å². The summed E-state index contributed by atoms with van der Waals surface area (Å²) < 4.78 is 18.4. The van der Waals surface area contributed by atoms with Gasteiger partial charge in [0, 0.05) is 0 Å². The predicted octanol–water partition coefficient (Wildman–Crippen LogP) is 4.46. The van der Waals surface area contributed by atoms with Crippen molar-refractivity contribution in [3.8, 4) is 0 Å². The molecule has 4 heteroatoms. The van der Waals surface area contributed by atoms with Crippen LogP contribution in [0.1, 0.15) is 32.4 Å². The summed E-state index contributed by atoms with van der Waals surface area (Å²) in [5.74, 6) is 0.492. The number of hydrogen-bond acceptors (Lipinski definition) is 4. The maximum absolute atomic E-state index is 9.69. The van der Waals surface area contributed by atoms with Crippen LogP contribution in [0.5, 0.6) is 0 Å². The summed E-state index contributed by atoms with van der Waals surface area (Å²) in [7, 11) is 0. The van der Waals surface area contributed by atoms with E-state index in [1.54, 1.807) is 0 Å². The fourth-order valence-corrected chi connectivity index (χ4v) is 3.64. The molecule has 0 spiro atoms. The van der Waals surface area contributed by atoms with E-state index in [9.17, 15) is 5.11 Å². The number of benzene rings is 2. The third-order valence-electron chi connectivity index (χ3n) is 5.51. The van der Waals surface area contributed by atoms with Crippen molar-refractivity contribution in [2.45, 2.75) is 52.8 Å². The average Bonchev–Trinajstić information content (AvgIpc) is 2.71. The van der Waals surface area contributed by atoms with Gasteiger partial charge in [0.05, 0.1) is 38.6 Å². The Labute approximate surface area is 169 Å². The molecule has 2 aromatic carbocycles. The second-order valence-electron chi connectivity index (χ2n) is 7.38.